The average Bonchev–Trinajstić information content (AvgIpc) is 3.58. The van der Waals surface area contributed by atoms with Crippen molar-refractivity contribution in [3.05, 3.63) is 78.1 Å². The Morgan fingerprint density at radius 3 is 2.60 bits per heavy atom. The molecule has 40 heavy (non-hydrogen) atoms. The number of imidazole rings is 1. The van der Waals surface area contributed by atoms with E-state index in [-0.39, 0.29) is 11.3 Å². The van der Waals surface area contributed by atoms with Crippen molar-refractivity contribution in [1.82, 2.24) is 9.47 Å². The number of amides is 1. The summed E-state index contributed by atoms with van der Waals surface area (Å²) in [7, 11) is 8.01. The number of fused-ring (bicyclic) bond motifs is 3. The summed E-state index contributed by atoms with van der Waals surface area (Å²) in [5.41, 5.74) is 4.33. The number of hydrogen-bond donors (Lipinski definition) is 0. The van der Waals surface area contributed by atoms with Gasteiger partial charge in [-0.05, 0) is 53.6 Å². The van der Waals surface area contributed by atoms with Gasteiger partial charge in [0.25, 0.3) is 0 Å². The smallest absolute Gasteiger partial charge is 0.318 e. The molecule has 0 spiro atoms. The molecular weight excluding hydrogens is 518 g/mol. The lowest BCUT2D eigenvalue weighted by molar-refractivity contribution is -0.709. The van der Waals surface area contributed by atoms with Gasteiger partial charge in [0, 0.05) is 50.5 Å². The Bertz CT molecular complexity index is 1360. The second-order valence-electron chi connectivity index (χ2n) is 11.4. The number of para-hydroxylation sites is 1. The Kier molecular flexibility index (Phi) is 8.02. The quantitative estimate of drug-likeness (QED) is 0.271. The molecule has 1 atom stereocenters. The largest absolute Gasteiger partial charge is 0.375 e. The third-order valence-corrected chi connectivity index (χ3v) is 9.72. The lowest BCUT2D eigenvalue weighted by Gasteiger charge is -2.39. The van der Waals surface area contributed by atoms with Crippen molar-refractivity contribution in [2.45, 2.75) is 36.6 Å². The van der Waals surface area contributed by atoms with Crippen molar-refractivity contribution in [1.29, 1.82) is 0 Å². The molecule has 0 bridgehead atoms. The zero-order chi connectivity index (χ0) is 28.5. The minimum Gasteiger partial charge on any atom is -0.375 e. The highest BCUT2D eigenvalue weighted by atomic mass is 32.2. The summed E-state index contributed by atoms with van der Waals surface area (Å²) in [5, 5.41) is 1.07. The average molecular weight is 561 g/mol. The van der Waals surface area contributed by atoms with Crippen LogP contribution in [0.5, 0.6) is 0 Å². The molecule has 0 radical (unpaired) electrons. The van der Waals surface area contributed by atoms with Gasteiger partial charge in [-0.25, -0.2) is 9.13 Å². The maximum absolute atomic E-state index is 12.6. The van der Waals surface area contributed by atoms with Crippen LogP contribution in [-0.2, 0) is 29.0 Å². The highest BCUT2D eigenvalue weighted by Gasteiger charge is 2.58. The highest BCUT2D eigenvalue weighted by Crippen LogP contribution is 2.54. The van der Waals surface area contributed by atoms with Crippen molar-refractivity contribution in [2.75, 3.05) is 55.9 Å². The second-order valence-corrected chi connectivity index (χ2v) is 12.4. The molecular formula is C32H42N5O2S+. The molecule has 7 nitrogen and oxygen atoms in total. The van der Waals surface area contributed by atoms with Crippen LogP contribution in [0.1, 0.15) is 31.4 Å². The molecule has 3 heterocycles. The fourth-order valence-electron chi connectivity index (χ4n) is 6.00. The Labute approximate surface area is 243 Å². The molecule has 2 aromatic carbocycles. The summed E-state index contributed by atoms with van der Waals surface area (Å²) in [6, 6.07) is 17.4. The SMILES string of the molecule is CN(CCCN(C)c1ccc(/C=C/C23OCCN2c2ccccc2C3(C)C)cc1)C(=O)CSc1n(C)cc[n+]1C. The lowest BCUT2D eigenvalue weighted by Crippen LogP contribution is -2.51. The molecule has 3 aromatic rings. The molecule has 1 saturated heterocycles. The van der Waals surface area contributed by atoms with Crippen LogP contribution in [0.3, 0.4) is 0 Å². The topological polar surface area (TPSA) is 44.8 Å². The van der Waals surface area contributed by atoms with Crippen LogP contribution in [0, 0.1) is 0 Å². The monoisotopic (exact) mass is 560 g/mol. The molecule has 2 aliphatic rings. The zero-order valence-electron chi connectivity index (χ0n) is 24.6. The van der Waals surface area contributed by atoms with E-state index in [0.29, 0.717) is 5.75 Å². The van der Waals surface area contributed by atoms with Gasteiger partial charge in [-0.15, -0.1) is 0 Å². The highest BCUT2D eigenvalue weighted by molar-refractivity contribution is 7.99. The van der Waals surface area contributed by atoms with Crippen molar-refractivity contribution < 1.29 is 14.1 Å². The first-order valence-electron chi connectivity index (χ1n) is 14.0. The zero-order valence-corrected chi connectivity index (χ0v) is 25.4. The first-order chi connectivity index (χ1) is 19.1. The molecule has 2 aliphatic heterocycles. The number of aryl methyl sites for hydroxylation is 2. The standard InChI is InChI=1S/C32H42N5O2S/c1-31(2)27-10-7-8-11-28(27)37-22-23-39-32(31,37)17-16-25-12-14-26(15-13-25)33(3)18-9-19-34(4)29(38)24-40-30-35(5)20-21-36(30)6/h7-8,10-17,20-21H,9,18-19,22-24H2,1-6H3/q+1/b17-16+. The first-order valence-corrected chi connectivity index (χ1v) is 15.0. The minimum absolute atomic E-state index is 0.150. The summed E-state index contributed by atoms with van der Waals surface area (Å²) in [4.78, 5) is 19.1. The Morgan fingerprint density at radius 2 is 1.88 bits per heavy atom. The van der Waals surface area contributed by atoms with Crippen molar-refractivity contribution in [3.63, 3.8) is 0 Å². The van der Waals surface area contributed by atoms with E-state index in [9.17, 15) is 4.79 Å². The van der Waals surface area contributed by atoms with Gasteiger partial charge in [-0.1, -0.05) is 50.3 Å². The van der Waals surface area contributed by atoms with E-state index in [1.807, 2.05) is 47.6 Å². The molecule has 0 aliphatic carbocycles. The van der Waals surface area contributed by atoms with Gasteiger partial charge in [0.1, 0.15) is 12.4 Å². The predicted molar refractivity (Wildman–Crippen MR) is 164 cm³/mol. The summed E-state index contributed by atoms with van der Waals surface area (Å²) in [6.45, 7) is 7.82. The maximum Gasteiger partial charge on any atom is 0.318 e. The Hall–Kier alpha value is -3.23. The molecule has 1 amide bonds. The molecule has 1 unspecified atom stereocenters. The molecule has 0 N–H and O–H groups in total. The molecule has 0 saturated carbocycles. The van der Waals surface area contributed by atoms with Gasteiger partial charge in [-0.2, -0.15) is 0 Å². The van der Waals surface area contributed by atoms with E-state index < -0.39 is 5.72 Å². The number of rotatable bonds is 10. The van der Waals surface area contributed by atoms with E-state index in [4.69, 9.17) is 4.74 Å². The Morgan fingerprint density at radius 1 is 1.12 bits per heavy atom. The normalized spacial score (nSPS) is 19.2. The predicted octanol–water partition coefficient (Wildman–Crippen LogP) is 4.46. The van der Waals surface area contributed by atoms with Gasteiger partial charge in [-0.3, -0.25) is 4.79 Å². The van der Waals surface area contributed by atoms with Crippen LogP contribution in [0.2, 0.25) is 0 Å². The summed E-state index contributed by atoms with van der Waals surface area (Å²) >= 11 is 1.58. The van der Waals surface area contributed by atoms with Gasteiger partial charge in [0.05, 0.1) is 26.5 Å². The summed E-state index contributed by atoms with van der Waals surface area (Å²) in [5.74, 6) is 0.600. The van der Waals surface area contributed by atoms with Gasteiger partial charge >= 0.3 is 5.16 Å². The Balaban J connectivity index is 1.14. The number of ether oxygens (including phenoxy) is 1. The van der Waals surface area contributed by atoms with Crippen LogP contribution in [0.25, 0.3) is 6.08 Å². The van der Waals surface area contributed by atoms with Crippen molar-refractivity contribution in [3.8, 4) is 0 Å². The van der Waals surface area contributed by atoms with Crippen molar-refractivity contribution in [2.24, 2.45) is 14.1 Å². The van der Waals surface area contributed by atoms with E-state index in [0.717, 1.165) is 43.4 Å². The fraction of sp³-hybridized carbons (Fsp3) is 0.438. The fourth-order valence-corrected chi connectivity index (χ4v) is 7.00. The van der Waals surface area contributed by atoms with Crippen LogP contribution >= 0.6 is 11.8 Å². The van der Waals surface area contributed by atoms with E-state index in [2.05, 4.69) is 91.4 Å². The lowest BCUT2D eigenvalue weighted by atomic mass is 9.77. The van der Waals surface area contributed by atoms with Crippen LogP contribution in [-0.4, -0.2) is 67.2 Å². The first kappa shape index (κ1) is 28.3. The van der Waals surface area contributed by atoms with E-state index >= 15 is 0 Å². The maximum atomic E-state index is 12.6. The number of anilines is 2. The number of benzene rings is 2. The van der Waals surface area contributed by atoms with Gasteiger partial charge < -0.3 is 19.4 Å². The van der Waals surface area contributed by atoms with Crippen LogP contribution in [0.4, 0.5) is 11.4 Å². The number of thioether (sulfide) groups is 1. The minimum atomic E-state index is -0.466. The molecule has 8 heteroatoms. The van der Waals surface area contributed by atoms with Crippen LogP contribution < -0.4 is 14.4 Å². The third-order valence-electron chi connectivity index (χ3n) is 8.49. The number of carbonyl (C=O) groups is 1. The van der Waals surface area contributed by atoms with Crippen LogP contribution in [0.15, 0.2) is 72.2 Å². The van der Waals surface area contributed by atoms with E-state index in [1.165, 1.54) is 16.9 Å². The molecule has 1 aromatic heterocycles. The summed E-state index contributed by atoms with van der Waals surface area (Å²) < 4.78 is 10.6. The number of hydrogen-bond acceptors (Lipinski definition) is 5. The number of carbonyl (C=O) groups excluding carboxylic acids is 1. The second kappa shape index (κ2) is 11.3. The molecule has 212 valence electrons. The molecule has 5 rings (SSSR count). The number of nitrogens with zero attached hydrogens (tertiary/aromatic N) is 5. The number of aromatic nitrogens is 2. The van der Waals surface area contributed by atoms with Crippen molar-refractivity contribution >= 4 is 35.1 Å². The van der Waals surface area contributed by atoms with Gasteiger partial charge in [0.2, 0.25) is 5.91 Å². The van der Waals surface area contributed by atoms with E-state index in [1.54, 1.807) is 11.8 Å². The summed E-state index contributed by atoms with van der Waals surface area (Å²) in [6.07, 6.45) is 9.36. The third kappa shape index (κ3) is 5.15. The molecule has 1 fully saturated rings. The van der Waals surface area contributed by atoms with Gasteiger partial charge in [0.15, 0.2) is 5.72 Å².